The molecule has 1 aromatic carbocycles. The van der Waals surface area contributed by atoms with Gasteiger partial charge in [-0.15, -0.1) is 0 Å². The maximum Gasteiger partial charge on any atom is 0.347 e. The predicted molar refractivity (Wildman–Crippen MR) is 57.5 cm³/mol. The Morgan fingerprint density at radius 2 is 2.44 bits per heavy atom. The predicted octanol–water partition coefficient (Wildman–Crippen LogP) is 1.65. The second-order valence-electron chi connectivity index (χ2n) is 3.65. The van der Waals surface area contributed by atoms with E-state index < -0.39 is 6.10 Å². The van der Waals surface area contributed by atoms with E-state index in [1.165, 1.54) is 0 Å². The zero-order valence-electron chi connectivity index (χ0n) is 9.10. The molecule has 0 bridgehead atoms. The first-order valence-corrected chi connectivity index (χ1v) is 5.36. The molecule has 0 amide bonds. The molecule has 1 heterocycles. The number of benzene rings is 1. The van der Waals surface area contributed by atoms with Crippen molar-refractivity contribution in [3.63, 3.8) is 0 Å². The van der Waals surface area contributed by atoms with Gasteiger partial charge in [-0.2, -0.15) is 0 Å². The van der Waals surface area contributed by atoms with Crippen LogP contribution in [0.3, 0.4) is 0 Å². The molecule has 0 aliphatic carbocycles. The van der Waals surface area contributed by atoms with Gasteiger partial charge in [-0.3, -0.25) is 0 Å². The van der Waals surface area contributed by atoms with Crippen LogP contribution in [-0.4, -0.2) is 23.8 Å². The van der Waals surface area contributed by atoms with Crippen molar-refractivity contribution in [2.45, 2.75) is 25.9 Å². The van der Waals surface area contributed by atoms with Gasteiger partial charge in [-0.05, 0) is 31.9 Å². The van der Waals surface area contributed by atoms with E-state index in [9.17, 15) is 9.90 Å². The van der Waals surface area contributed by atoms with Gasteiger partial charge in [0.15, 0.2) is 6.10 Å². The summed E-state index contributed by atoms with van der Waals surface area (Å²) in [4.78, 5) is 11.5. The quantitative estimate of drug-likeness (QED) is 0.773. The molecule has 1 atom stereocenters. The van der Waals surface area contributed by atoms with Crippen LogP contribution in [0.2, 0.25) is 0 Å². The molecule has 1 aliphatic heterocycles. The van der Waals surface area contributed by atoms with Gasteiger partial charge >= 0.3 is 5.97 Å². The molecule has 1 N–H and O–H groups in total. The second-order valence-corrected chi connectivity index (χ2v) is 3.65. The number of carbonyl (C=O) groups excluding carboxylic acids is 1. The average molecular weight is 222 g/mol. The van der Waals surface area contributed by atoms with Gasteiger partial charge in [0.1, 0.15) is 11.5 Å². The molecule has 0 spiro atoms. The van der Waals surface area contributed by atoms with Crippen LogP contribution in [0.5, 0.6) is 11.5 Å². The van der Waals surface area contributed by atoms with Crippen LogP contribution < -0.4 is 4.74 Å². The molecule has 0 fully saturated rings. The molecule has 2 rings (SSSR count). The lowest BCUT2D eigenvalue weighted by Gasteiger charge is -2.24. The summed E-state index contributed by atoms with van der Waals surface area (Å²) < 4.78 is 10.4. The van der Waals surface area contributed by atoms with Crippen molar-refractivity contribution >= 4 is 5.97 Å². The number of esters is 1. The molecule has 16 heavy (non-hydrogen) atoms. The van der Waals surface area contributed by atoms with E-state index in [1.54, 1.807) is 25.1 Å². The monoisotopic (exact) mass is 222 g/mol. The summed E-state index contributed by atoms with van der Waals surface area (Å²) >= 11 is 0. The third kappa shape index (κ3) is 1.96. The van der Waals surface area contributed by atoms with Gasteiger partial charge in [0.05, 0.1) is 6.61 Å². The summed E-state index contributed by atoms with van der Waals surface area (Å²) in [5, 5.41) is 9.59. The SMILES string of the molecule is CCOC(=O)C1CCc2c(O)cccc2O1. The number of fused-ring (bicyclic) bond motifs is 1. The second kappa shape index (κ2) is 4.43. The molecule has 1 aromatic rings. The van der Waals surface area contributed by atoms with E-state index in [0.29, 0.717) is 25.2 Å². The highest BCUT2D eigenvalue weighted by molar-refractivity contribution is 5.75. The van der Waals surface area contributed by atoms with Crippen LogP contribution in [0.25, 0.3) is 0 Å². The highest BCUT2D eigenvalue weighted by Crippen LogP contribution is 2.33. The number of hydrogen-bond donors (Lipinski definition) is 1. The molecule has 4 heteroatoms. The standard InChI is InChI=1S/C12H14O4/c1-2-15-12(14)11-7-6-8-9(13)4-3-5-10(8)16-11/h3-5,11,13H,2,6-7H2,1H3. The summed E-state index contributed by atoms with van der Waals surface area (Å²) in [5.41, 5.74) is 0.767. The topological polar surface area (TPSA) is 55.8 Å². The number of rotatable bonds is 2. The minimum atomic E-state index is -0.547. The molecule has 4 nitrogen and oxygen atoms in total. The zero-order chi connectivity index (χ0) is 11.5. The Morgan fingerprint density at radius 3 is 3.19 bits per heavy atom. The Balaban J connectivity index is 2.15. The van der Waals surface area contributed by atoms with Crippen molar-refractivity contribution in [2.24, 2.45) is 0 Å². The van der Waals surface area contributed by atoms with Gasteiger partial charge in [-0.1, -0.05) is 6.07 Å². The van der Waals surface area contributed by atoms with Crippen LogP contribution in [0, 0.1) is 0 Å². The van der Waals surface area contributed by atoms with Crippen LogP contribution in [0.15, 0.2) is 18.2 Å². The fourth-order valence-corrected chi connectivity index (χ4v) is 1.80. The first-order valence-electron chi connectivity index (χ1n) is 5.36. The lowest BCUT2D eigenvalue weighted by molar-refractivity contribution is -0.152. The molecule has 0 radical (unpaired) electrons. The number of phenolic OH excluding ortho intramolecular Hbond substituents is 1. The van der Waals surface area contributed by atoms with Crippen molar-refractivity contribution in [3.05, 3.63) is 23.8 Å². The van der Waals surface area contributed by atoms with Crippen LogP contribution >= 0.6 is 0 Å². The van der Waals surface area contributed by atoms with Crippen molar-refractivity contribution in [2.75, 3.05) is 6.61 Å². The Labute approximate surface area is 93.8 Å². The average Bonchev–Trinajstić information content (AvgIpc) is 2.29. The number of aromatic hydroxyl groups is 1. The minimum absolute atomic E-state index is 0.222. The van der Waals surface area contributed by atoms with Crippen molar-refractivity contribution in [1.82, 2.24) is 0 Å². The smallest absolute Gasteiger partial charge is 0.347 e. The fourth-order valence-electron chi connectivity index (χ4n) is 1.80. The molecule has 1 unspecified atom stereocenters. The van der Waals surface area contributed by atoms with E-state index in [2.05, 4.69) is 0 Å². The highest BCUT2D eigenvalue weighted by Gasteiger charge is 2.28. The Kier molecular flexibility index (Phi) is 2.99. The molecular weight excluding hydrogens is 208 g/mol. The van der Waals surface area contributed by atoms with Gasteiger partial charge in [0.2, 0.25) is 0 Å². The largest absolute Gasteiger partial charge is 0.508 e. The number of carbonyl (C=O) groups is 1. The van der Waals surface area contributed by atoms with Gasteiger partial charge in [0.25, 0.3) is 0 Å². The molecule has 86 valence electrons. The molecule has 1 aliphatic rings. The van der Waals surface area contributed by atoms with E-state index >= 15 is 0 Å². The Hall–Kier alpha value is -1.71. The van der Waals surface area contributed by atoms with Gasteiger partial charge in [0, 0.05) is 5.56 Å². The fraction of sp³-hybridized carbons (Fsp3) is 0.417. The lowest BCUT2D eigenvalue weighted by Crippen LogP contribution is -2.32. The zero-order valence-corrected chi connectivity index (χ0v) is 9.10. The Bertz CT molecular complexity index is 400. The summed E-state index contributed by atoms with van der Waals surface area (Å²) in [5.74, 6) is 0.459. The number of phenols is 1. The molecular formula is C12H14O4. The minimum Gasteiger partial charge on any atom is -0.508 e. The summed E-state index contributed by atoms with van der Waals surface area (Å²) in [7, 11) is 0. The molecule has 0 aromatic heterocycles. The van der Waals surface area contributed by atoms with Crippen LogP contribution in [0.1, 0.15) is 18.9 Å². The van der Waals surface area contributed by atoms with Crippen LogP contribution in [0.4, 0.5) is 0 Å². The van der Waals surface area contributed by atoms with Crippen molar-refractivity contribution < 1.29 is 19.4 Å². The summed E-state index contributed by atoms with van der Waals surface area (Å²) in [6.07, 6.45) is 0.628. The maximum atomic E-state index is 11.5. The first kappa shape index (κ1) is 10.8. The first-order chi connectivity index (χ1) is 7.72. The lowest BCUT2D eigenvalue weighted by atomic mass is 10.0. The molecule has 0 saturated carbocycles. The van der Waals surface area contributed by atoms with Gasteiger partial charge < -0.3 is 14.6 Å². The Morgan fingerprint density at radius 1 is 1.62 bits per heavy atom. The third-order valence-corrected chi connectivity index (χ3v) is 2.58. The van der Waals surface area contributed by atoms with Crippen molar-refractivity contribution in [3.8, 4) is 11.5 Å². The van der Waals surface area contributed by atoms with E-state index in [4.69, 9.17) is 9.47 Å². The van der Waals surface area contributed by atoms with E-state index in [-0.39, 0.29) is 11.7 Å². The van der Waals surface area contributed by atoms with Gasteiger partial charge in [-0.25, -0.2) is 4.79 Å². The van der Waals surface area contributed by atoms with Crippen molar-refractivity contribution in [1.29, 1.82) is 0 Å². The van der Waals surface area contributed by atoms with Crippen LogP contribution in [-0.2, 0) is 16.0 Å². The number of ether oxygens (including phenoxy) is 2. The third-order valence-electron chi connectivity index (χ3n) is 2.58. The molecule has 0 saturated heterocycles. The summed E-state index contributed by atoms with van der Waals surface area (Å²) in [6.45, 7) is 2.12. The van der Waals surface area contributed by atoms with E-state index in [1.807, 2.05) is 0 Å². The normalized spacial score (nSPS) is 18.4. The maximum absolute atomic E-state index is 11.5. The summed E-state index contributed by atoms with van der Waals surface area (Å²) in [6, 6.07) is 5.06. The number of hydrogen-bond acceptors (Lipinski definition) is 4. The highest BCUT2D eigenvalue weighted by atomic mass is 16.6. The van der Waals surface area contributed by atoms with E-state index in [0.717, 1.165) is 5.56 Å².